The van der Waals surface area contributed by atoms with Crippen molar-refractivity contribution in [1.82, 2.24) is 5.43 Å². The topological polar surface area (TPSA) is 63.8 Å². The molecule has 0 fully saturated rings. The average Bonchev–Trinajstić information content (AvgIpc) is 2.91. The lowest BCUT2D eigenvalue weighted by Gasteiger charge is -2.07. The van der Waals surface area contributed by atoms with Gasteiger partial charge in [0.2, 0.25) is 0 Å². The molecule has 2 aromatic rings. The maximum absolute atomic E-state index is 11.9. The van der Waals surface area contributed by atoms with Crippen LogP contribution in [0.3, 0.4) is 0 Å². The van der Waals surface area contributed by atoms with Gasteiger partial charge < -0.3 is 9.15 Å². The molecule has 0 aliphatic rings. The molecule has 0 saturated heterocycles. The number of furan rings is 1. The van der Waals surface area contributed by atoms with Gasteiger partial charge in [0.05, 0.1) is 25.2 Å². The highest BCUT2D eigenvalue weighted by molar-refractivity contribution is 9.10. The van der Waals surface area contributed by atoms with E-state index in [0.717, 1.165) is 4.47 Å². The number of halogens is 1. The molecule has 1 amide bonds. The zero-order chi connectivity index (χ0) is 13.7. The summed E-state index contributed by atoms with van der Waals surface area (Å²) >= 11 is 3.31. The van der Waals surface area contributed by atoms with Crippen molar-refractivity contribution in [2.24, 2.45) is 5.10 Å². The number of rotatable bonds is 4. The molecule has 0 radical (unpaired) electrons. The highest BCUT2D eigenvalue weighted by Crippen LogP contribution is 2.23. The second-order valence-electron chi connectivity index (χ2n) is 3.56. The number of carbonyl (C=O) groups excluding carboxylic acids is 1. The van der Waals surface area contributed by atoms with Gasteiger partial charge >= 0.3 is 0 Å². The fourth-order valence-corrected chi connectivity index (χ4v) is 1.77. The van der Waals surface area contributed by atoms with Gasteiger partial charge in [0.15, 0.2) is 0 Å². The van der Waals surface area contributed by atoms with E-state index < -0.39 is 0 Å². The molecule has 0 atom stereocenters. The first-order valence-electron chi connectivity index (χ1n) is 5.41. The van der Waals surface area contributed by atoms with Crippen LogP contribution in [0, 0.1) is 0 Å². The van der Waals surface area contributed by atoms with Crippen molar-refractivity contribution in [3.63, 3.8) is 0 Å². The first-order chi connectivity index (χ1) is 9.20. The van der Waals surface area contributed by atoms with Gasteiger partial charge in [-0.25, -0.2) is 5.43 Å². The molecule has 5 nitrogen and oxygen atoms in total. The predicted molar refractivity (Wildman–Crippen MR) is 74.5 cm³/mol. The standard InChI is InChI=1S/C13H11BrN2O3/c1-18-12-7-9(14)4-5-11(12)13(17)16-15-8-10-3-2-6-19-10/h2-8H,1H3,(H,16,17)/b15-8+. The van der Waals surface area contributed by atoms with Crippen molar-refractivity contribution in [3.8, 4) is 5.75 Å². The van der Waals surface area contributed by atoms with Crippen LogP contribution in [0.4, 0.5) is 0 Å². The summed E-state index contributed by atoms with van der Waals surface area (Å²) in [7, 11) is 1.50. The summed E-state index contributed by atoms with van der Waals surface area (Å²) in [5, 5.41) is 3.80. The number of hydrazone groups is 1. The summed E-state index contributed by atoms with van der Waals surface area (Å²) in [6.45, 7) is 0. The van der Waals surface area contributed by atoms with Crippen LogP contribution in [0.1, 0.15) is 16.1 Å². The lowest BCUT2D eigenvalue weighted by atomic mass is 10.2. The monoisotopic (exact) mass is 322 g/mol. The number of nitrogens with zero attached hydrogens (tertiary/aromatic N) is 1. The minimum absolute atomic E-state index is 0.354. The minimum atomic E-state index is -0.354. The van der Waals surface area contributed by atoms with Gasteiger partial charge in [0, 0.05) is 4.47 Å². The fourth-order valence-electron chi connectivity index (χ4n) is 1.43. The van der Waals surface area contributed by atoms with E-state index in [1.165, 1.54) is 19.6 Å². The molecule has 1 aromatic heterocycles. The van der Waals surface area contributed by atoms with Crippen LogP contribution in [0.5, 0.6) is 5.75 Å². The summed E-state index contributed by atoms with van der Waals surface area (Å²) < 4.78 is 11.0. The van der Waals surface area contributed by atoms with Crippen LogP contribution in [0.2, 0.25) is 0 Å². The molecule has 98 valence electrons. The molecule has 0 unspecified atom stereocenters. The summed E-state index contributed by atoms with van der Waals surface area (Å²) in [5.41, 5.74) is 2.81. The van der Waals surface area contributed by atoms with Gasteiger partial charge in [-0.3, -0.25) is 4.79 Å². The van der Waals surface area contributed by atoms with Crippen molar-refractivity contribution in [3.05, 3.63) is 52.4 Å². The molecule has 0 spiro atoms. The number of carbonyl (C=O) groups is 1. The number of benzene rings is 1. The van der Waals surface area contributed by atoms with Crippen molar-refractivity contribution in [2.75, 3.05) is 7.11 Å². The number of nitrogens with one attached hydrogen (secondary N) is 1. The first kappa shape index (κ1) is 13.4. The quantitative estimate of drug-likeness (QED) is 0.695. The number of methoxy groups -OCH3 is 1. The Morgan fingerprint density at radius 3 is 3.00 bits per heavy atom. The normalized spacial score (nSPS) is 10.6. The average molecular weight is 323 g/mol. The highest BCUT2D eigenvalue weighted by Gasteiger charge is 2.11. The molecule has 1 aromatic carbocycles. The van der Waals surface area contributed by atoms with E-state index >= 15 is 0 Å². The van der Waals surface area contributed by atoms with Gasteiger partial charge in [0.1, 0.15) is 11.5 Å². The van der Waals surface area contributed by atoms with Crippen molar-refractivity contribution < 1.29 is 13.9 Å². The summed E-state index contributed by atoms with van der Waals surface area (Å²) in [5.74, 6) is 0.676. The second kappa shape index (κ2) is 6.19. The van der Waals surface area contributed by atoms with Crippen molar-refractivity contribution in [2.45, 2.75) is 0 Å². The summed E-state index contributed by atoms with van der Waals surface area (Å²) in [4.78, 5) is 11.9. The van der Waals surface area contributed by atoms with E-state index in [0.29, 0.717) is 17.1 Å². The van der Waals surface area contributed by atoms with E-state index in [4.69, 9.17) is 9.15 Å². The lowest BCUT2D eigenvalue weighted by molar-refractivity contribution is 0.0952. The van der Waals surface area contributed by atoms with Crippen LogP contribution in [-0.2, 0) is 0 Å². The van der Waals surface area contributed by atoms with Crippen LogP contribution in [0.15, 0.2) is 50.6 Å². The van der Waals surface area contributed by atoms with Crippen LogP contribution < -0.4 is 10.2 Å². The molecule has 1 N–H and O–H groups in total. The smallest absolute Gasteiger partial charge is 0.275 e. The Morgan fingerprint density at radius 2 is 2.32 bits per heavy atom. The molecule has 0 aliphatic carbocycles. The van der Waals surface area contributed by atoms with Gasteiger partial charge in [-0.15, -0.1) is 0 Å². The number of amides is 1. The summed E-state index contributed by atoms with van der Waals surface area (Å²) in [6, 6.07) is 8.59. The largest absolute Gasteiger partial charge is 0.496 e. The van der Waals surface area contributed by atoms with Crippen LogP contribution in [-0.4, -0.2) is 19.2 Å². The number of hydrogen-bond acceptors (Lipinski definition) is 4. The zero-order valence-electron chi connectivity index (χ0n) is 10.1. The van der Waals surface area contributed by atoms with Crippen molar-refractivity contribution >= 4 is 28.1 Å². The Kier molecular flexibility index (Phi) is 4.35. The fraction of sp³-hybridized carbons (Fsp3) is 0.0769. The molecule has 1 heterocycles. The van der Waals surface area contributed by atoms with E-state index in [1.807, 2.05) is 0 Å². The molecule has 6 heteroatoms. The maximum atomic E-state index is 11.9. The van der Waals surface area contributed by atoms with E-state index in [1.54, 1.807) is 30.3 Å². The highest BCUT2D eigenvalue weighted by atomic mass is 79.9. The number of hydrogen-bond donors (Lipinski definition) is 1. The third-order valence-electron chi connectivity index (χ3n) is 2.31. The number of ether oxygens (including phenoxy) is 1. The van der Waals surface area contributed by atoms with Gasteiger partial charge in [0.25, 0.3) is 5.91 Å². The molecular weight excluding hydrogens is 312 g/mol. The zero-order valence-corrected chi connectivity index (χ0v) is 11.7. The Morgan fingerprint density at radius 1 is 1.47 bits per heavy atom. The van der Waals surface area contributed by atoms with Gasteiger partial charge in [-0.05, 0) is 30.3 Å². The van der Waals surface area contributed by atoms with E-state index in [9.17, 15) is 4.79 Å². The molecule has 19 heavy (non-hydrogen) atoms. The molecule has 0 bridgehead atoms. The molecule has 0 aliphatic heterocycles. The Balaban J connectivity index is 2.08. The summed E-state index contributed by atoms with van der Waals surface area (Å²) in [6.07, 6.45) is 2.95. The predicted octanol–water partition coefficient (Wildman–Crippen LogP) is 2.81. The molecule has 0 saturated carbocycles. The van der Waals surface area contributed by atoms with Gasteiger partial charge in [-0.1, -0.05) is 15.9 Å². The van der Waals surface area contributed by atoms with E-state index in [2.05, 4.69) is 26.5 Å². The maximum Gasteiger partial charge on any atom is 0.275 e. The third kappa shape index (κ3) is 3.45. The van der Waals surface area contributed by atoms with Crippen LogP contribution >= 0.6 is 15.9 Å². The Labute approximate surface area is 118 Å². The Hall–Kier alpha value is -2.08. The second-order valence-corrected chi connectivity index (χ2v) is 4.47. The van der Waals surface area contributed by atoms with Gasteiger partial charge in [-0.2, -0.15) is 5.10 Å². The SMILES string of the molecule is COc1cc(Br)ccc1C(=O)N/N=C/c1ccco1. The van der Waals surface area contributed by atoms with Crippen molar-refractivity contribution in [1.29, 1.82) is 0 Å². The van der Waals surface area contributed by atoms with Crippen LogP contribution in [0.25, 0.3) is 0 Å². The lowest BCUT2D eigenvalue weighted by Crippen LogP contribution is -2.18. The minimum Gasteiger partial charge on any atom is -0.496 e. The third-order valence-corrected chi connectivity index (χ3v) is 2.80. The van der Waals surface area contributed by atoms with E-state index in [-0.39, 0.29) is 5.91 Å². The molecular formula is C13H11BrN2O3. The first-order valence-corrected chi connectivity index (χ1v) is 6.20. The Bertz CT molecular complexity index is 594. The molecule has 2 rings (SSSR count).